The molecule has 0 radical (unpaired) electrons. The van der Waals surface area contributed by atoms with Crippen molar-refractivity contribution in [1.82, 2.24) is 0 Å². The van der Waals surface area contributed by atoms with E-state index in [1.807, 2.05) is 50.2 Å². The fraction of sp³-hybridized carbons (Fsp3) is 0.0714. The third kappa shape index (κ3) is 5.18. The average molecular weight is 541 g/mol. The lowest BCUT2D eigenvalue weighted by molar-refractivity contribution is 0.333. The van der Waals surface area contributed by atoms with Gasteiger partial charge in [-0.05, 0) is 72.8 Å². The summed E-state index contributed by atoms with van der Waals surface area (Å²) in [5, 5.41) is 30.4. The second-order valence-electron chi connectivity index (χ2n) is 9.00. The molecule has 0 aliphatic heterocycles. The minimum absolute atomic E-state index is 0.298. The standard InChI is InChI=1S/C28H24N6O4S/c1-16-11-17(2)13-20(12-16)31-32-24-9-10-25(22-6-4-3-5-21(22)24)33-34-27-26(39(36,37)38-30)14-18-7-8-19(29)15-23(18)28(27)35/h3-15,35H,29-30H2,1-2H3. The third-order valence-corrected chi connectivity index (χ3v) is 7.19. The number of hydrogen-bond donors (Lipinski definition) is 3. The molecule has 0 fully saturated rings. The Morgan fingerprint density at radius 1 is 0.744 bits per heavy atom. The van der Waals surface area contributed by atoms with Crippen LogP contribution in [-0.2, 0) is 14.4 Å². The van der Waals surface area contributed by atoms with Gasteiger partial charge in [-0.3, -0.25) is 0 Å². The Morgan fingerprint density at radius 2 is 1.36 bits per heavy atom. The molecule has 5 N–H and O–H groups in total. The summed E-state index contributed by atoms with van der Waals surface area (Å²) >= 11 is 0. The van der Waals surface area contributed by atoms with E-state index in [0.29, 0.717) is 33.2 Å². The zero-order chi connectivity index (χ0) is 27.7. The quantitative estimate of drug-likeness (QED) is 0.116. The molecule has 0 saturated heterocycles. The van der Waals surface area contributed by atoms with Crippen molar-refractivity contribution in [2.75, 3.05) is 5.73 Å². The highest BCUT2D eigenvalue weighted by Gasteiger charge is 2.24. The molecule has 0 bridgehead atoms. The normalized spacial score (nSPS) is 12.3. The SMILES string of the molecule is Cc1cc(C)cc(N=Nc2ccc(N=Nc3c(S(=O)(=O)ON)cc4ccc(N)cc4c3O)c3ccccc23)c1. The zero-order valence-corrected chi connectivity index (χ0v) is 21.8. The first-order valence-electron chi connectivity index (χ1n) is 11.8. The van der Waals surface area contributed by atoms with Gasteiger partial charge in [0.15, 0.2) is 5.75 Å². The molecule has 39 heavy (non-hydrogen) atoms. The number of phenolic OH excluding ortho intramolecular Hbond substituents is 1. The lowest BCUT2D eigenvalue weighted by Crippen LogP contribution is -2.11. The lowest BCUT2D eigenvalue weighted by atomic mass is 10.1. The van der Waals surface area contributed by atoms with Crippen molar-refractivity contribution in [3.8, 4) is 5.75 Å². The third-order valence-electron chi connectivity index (χ3n) is 6.09. The maximum absolute atomic E-state index is 12.6. The van der Waals surface area contributed by atoms with Crippen LogP contribution in [0.15, 0.2) is 104 Å². The van der Waals surface area contributed by atoms with Gasteiger partial charge in [0.2, 0.25) is 0 Å². The summed E-state index contributed by atoms with van der Waals surface area (Å²) in [5.41, 5.74) is 9.86. The van der Waals surface area contributed by atoms with Gasteiger partial charge in [-0.25, -0.2) is 0 Å². The van der Waals surface area contributed by atoms with Crippen molar-refractivity contribution in [2.45, 2.75) is 18.7 Å². The number of anilines is 1. The number of rotatable bonds is 6. The molecule has 0 heterocycles. The van der Waals surface area contributed by atoms with Gasteiger partial charge in [-0.1, -0.05) is 36.4 Å². The van der Waals surface area contributed by atoms with Gasteiger partial charge in [0.05, 0.1) is 17.1 Å². The largest absolute Gasteiger partial charge is 0.505 e. The zero-order valence-electron chi connectivity index (χ0n) is 21.0. The smallest absolute Gasteiger partial charge is 0.315 e. The fourth-order valence-corrected chi connectivity index (χ4v) is 5.11. The Kier molecular flexibility index (Phi) is 6.79. The van der Waals surface area contributed by atoms with Crippen molar-refractivity contribution >= 4 is 60.1 Å². The first-order valence-corrected chi connectivity index (χ1v) is 13.2. The Morgan fingerprint density at radius 3 is 1.97 bits per heavy atom. The summed E-state index contributed by atoms with van der Waals surface area (Å²) in [6, 6.07) is 22.7. The highest BCUT2D eigenvalue weighted by Crippen LogP contribution is 2.43. The number of nitrogens with two attached hydrogens (primary N) is 2. The van der Waals surface area contributed by atoms with Gasteiger partial charge >= 0.3 is 10.1 Å². The minimum atomic E-state index is -4.44. The monoisotopic (exact) mass is 540 g/mol. The minimum Gasteiger partial charge on any atom is -0.505 e. The van der Waals surface area contributed by atoms with Gasteiger partial charge in [0.25, 0.3) is 0 Å². The predicted molar refractivity (Wildman–Crippen MR) is 151 cm³/mol. The number of nitrogens with zero attached hydrogens (tertiary/aromatic N) is 4. The molecule has 0 spiro atoms. The molecular formula is C28H24N6O4S. The molecule has 10 nitrogen and oxygen atoms in total. The van der Waals surface area contributed by atoms with Crippen LogP contribution in [0.4, 0.5) is 28.4 Å². The molecule has 0 atom stereocenters. The number of aromatic hydroxyl groups is 1. The number of benzene rings is 5. The van der Waals surface area contributed by atoms with E-state index in [1.165, 1.54) is 12.1 Å². The van der Waals surface area contributed by atoms with E-state index >= 15 is 0 Å². The fourth-order valence-electron chi connectivity index (χ4n) is 4.36. The van der Waals surface area contributed by atoms with Gasteiger partial charge in [0, 0.05) is 21.8 Å². The molecule has 0 amide bonds. The molecule has 5 aromatic carbocycles. The van der Waals surface area contributed by atoms with Crippen molar-refractivity contribution in [1.29, 1.82) is 0 Å². The van der Waals surface area contributed by atoms with Crippen LogP contribution < -0.4 is 11.6 Å². The van der Waals surface area contributed by atoms with Crippen molar-refractivity contribution in [3.63, 3.8) is 0 Å². The second-order valence-corrected chi connectivity index (χ2v) is 10.5. The first-order chi connectivity index (χ1) is 18.7. The molecule has 5 rings (SSSR count). The lowest BCUT2D eigenvalue weighted by Gasteiger charge is -2.10. The molecule has 5 aromatic rings. The molecule has 0 aliphatic carbocycles. The summed E-state index contributed by atoms with van der Waals surface area (Å²) in [4.78, 5) is -0.438. The Hall–Kier alpha value is -4.71. The van der Waals surface area contributed by atoms with Crippen LogP contribution in [0, 0.1) is 13.8 Å². The topological polar surface area (TPSA) is 165 Å². The Labute approximate surface area is 224 Å². The van der Waals surface area contributed by atoms with Crippen LogP contribution in [0.2, 0.25) is 0 Å². The number of azo groups is 2. The number of fused-ring (bicyclic) bond motifs is 2. The molecule has 0 aromatic heterocycles. The van der Waals surface area contributed by atoms with E-state index in [9.17, 15) is 13.5 Å². The highest BCUT2D eigenvalue weighted by atomic mass is 32.2. The number of phenols is 1. The van der Waals surface area contributed by atoms with Gasteiger partial charge in [-0.2, -0.15) is 23.7 Å². The van der Waals surface area contributed by atoms with Crippen LogP contribution in [-0.4, -0.2) is 13.5 Å². The molecule has 0 saturated carbocycles. The summed E-state index contributed by atoms with van der Waals surface area (Å²) in [6.07, 6.45) is 0. The number of nitrogen functional groups attached to an aromatic ring is 1. The maximum Gasteiger partial charge on any atom is 0.315 e. The van der Waals surface area contributed by atoms with E-state index in [0.717, 1.165) is 22.2 Å². The van der Waals surface area contributed by atoms with Crippen LogP contribution in [0.3, 0.4) is 0 Å². The van der Waals surface area contributed by atoms with E-state index in [1.54, 1.807) is 24.3 Å². The van der Waals surface area contributed by atoms with Gasteiger partial charge < -0.3 is 10.8 Å². The molecule has 11 heteroatoms. The van der Waals surface area contributed by atoms with Crippen LogP contribution >= 0.6 is 0 Å². The van der Waals surface area contributed by atoms with Crippen molar-refractivity contribution < 1.29 is 17.8 Å². The van der Waals surface area contributed by atoms with Crippen molar-refractivity contribution in [3.05, 3.63) is 90.0 Å². The summed E-state index contributed by atoms with van der Waals surface area (Å²) < 4.78 is 29.4. The van der Waals surface area contributed by atoms with Crippen LogP contribution in [0.5, 0.6) is 5.75 Å². The molecular weight excluding hydrogens is 516 g/mol. The summed E-state index contributed by atoms with van der Waals surface area (Å²) in [6.45, 7) is 4.00. The Bertz CT molecular complexity index is 1900. The Balaban J connectivity index is 1.62. The predicted octanol–water partition coefficient (Wildman–Crippen LogP) is 7.31. The summed E-state index contributed by atoms with van der Waals surface area (Å²) in [5.74, 6) is 4.60. The van der Waals surface area contributed by atoms with E-state index in [2.05, 4.69) is 30.8 Å². The van der Waals surface area contributed by atoms with Gasteiger partial charge in [0.1, 0.15) is 10.6 Å². The molecule has 196 valence electrons. The molecule has 0 unspecified atom stereocenters. The second kappa shape index (κ2) is 10.2. The first kappa shape index (κ1) is 25.9. The van der Waals surface area contributed by atoms with Crippen molar-refractivity contribution in [2.24, 2.45) is 26.4 Å². The van der Waals surface area contributed by atoms with Gasteiger partial charge in [-0.15, -0.1) is 15.3 Å². The number of hydrogen-bond acceptors (Lipinski definition) is 10. The average Bonchev–Trinajstić information content (AvgIpc) is 2.91. The number of aryl methyl sites for hydroxylation is 2. The molecule has 0 aliphatic rings. The highest BCUT2D eigenvalue weighted by molar-refractivity contribution is 7.86. The van der Waals surface area contributed by atoms with E-state index in [-0.39, 0.29) is 5.69 Å². The van der Waals surface area contributed by atoms with Crippen LogP contribution in [0.25, 0.3) is 21.5 Å². The maximum atomic E-state index is 12.6. The summed E-state index contributed by atoms with van der Waals surface area (Å²) in [7, 11) is -4.44. The van der Waals surface area contributed by atoms with Crippen LogP contribution in [0.1, 0.15) is 11.1 Å². The van der Waals surface area contributed by atoms with E-state index in [4.69, 9.17) is 11.6 Å². The van der Waals surface area contributed by atoms with E-state index < -0.39 is 20.8 Å².